The molecule has 0 saturated heterocycles. The lowest BCUT2D eigenvalue weighted by Gasteiger charge is -2.07. The largest absolute Gasteiger partial charge is 0.354 e. The number of hydrogen-bond acceptors (Lipinski definition) is 5. The lowest BCUT2D eigenvalue weighted by atomic mass is 10.4. The Bertz CT molecular complexity index is 550. The van der Waals surface area contributed by atoms with Crippen LogP contribution in [0.2, 0.25) is 0 Å². The Hall–Kier alpha value is -2.18. The van der Waals surface area contributed by atoms with Crippen molar-refractivity contribution in [3.8, 4) is 0 Å². The number of anilines is 3. The number of aryl methyl sites for hydroxylation is 2. The first-order valence-electron chi connectivity index (χ1n) is 5.64. The summed E-state index contributed by atoms with van der Waals surface area (Å²) in [5.74, 6) is 0.0277. The number of hydrogen-bond donors (Lipinski definition) is 2. The molecule has 0 saturated carbocycles. The van der Waals surface area contributed by atoms with Gasteiger partial charge in [-0.05, 0) is 13.8 Å². The first-order chi connectivity index (χ1) is 8.60. The van der Waals surface area contributed by atoms with Crippen LogP contribution in [0.5, 0.6) is 0 Å². The number of rotatable bonds is 4. The number of halogens is 1. The van der Waals surface area contributed by atoms with Gasteiger partial charge in [0, 0.05) is 19.8 Å². The normalized spacial score (nSPS) is 10.4. The third kappa shape index (κ3) is 2.55. The predicted molar refractivity (Wildman–Crippen MR) is 67.4 cm³/mol. The fourth-order valence-corrected chi connectivity index (χ4v) is 1.55. The second-order valence-corrected chi connectivity index (χ2v) is 3.85. The van der Waals surface area contributed by atoms with Gasteiger partial charge < -0.3 is 10.6 Å². The lowest BCUT2D eigenvalue weighted by molar-refractivity contribution is 0.619. The summed E-state index contributed by atoms with van der Waals surface area (Å²) in [5.41, 5.74) is 1.50. The van der Waals surface area contributed by atoms with Crippen LogP contribution in [0.3, 0.4) is 0 Å². The molecule has 96 valence electrons. The van der Waals surface area contributed by atoms with E-state index in [1.54, 1.807) is 17.9 Å². The summed E-state index contributed by atoms with van der Waals surface area (Å²) in [6, 6.07) is 0. The van der Waals surface area contributed by atoms with Crippen LogP contribution in [-0.2, 0) is 7.05 Å². The van der Waals surface area contributed by atoms with E-state index >= 15 is 0 Å². The average molecular weight is 250 g/mol. The first kappa shape index (κ1) is 12.3. The Balaban J connectivity index is 2.27. The van der Waals surface area contributed by atoms with Gasteiger partial charge in [-0.25, -0.2) is 9.37 Å². The van der Waals surface area contributed by atoms with E-state index in [0.29, 0.717) is 12.5 Å². The first-order valence-corrected chi connectivity index (χ1v) is 5.64. The Morgan fingerprint density at radius 1 is 1.44 bits per heavy atom. The molecule has 2 aromatic heterocycles. The van der Waals surface area contributed by atoms with E-state index in [1.165, 1.54) is 0 Å². The Morgan fingerprint density at radius 2 is 2.22 bits per heavy atom. The molecule has 0 bridgehead atoms. The lowest BCUT2D eigenvalue weighted by Crippen LogP contribution is -2.06. The van der Waals surface area contributed by atoms with Crippen molar-refractivity contribution in [3.05, 3.63) is 23.9 Å². The zero-order valence-corrected chi connectivity index (χ0v) is 10.5. The van der Waals surface area contributed by atoms with Gasteiger partial charge in [-0.3, -0.25) is 4.68 Å². The maximum atomic E-state index is 13.6. The van der Waals surface area contributed by atoms with E-state index in [4.69, 9.17) is 0 Å². The molecule has 0 aliphatic rings. The molecule has 18 heavy (non-hydrogen) atoms. The minimum absolute atomic E-state index is 0.136. The van der Waals surface area contributed by atoms with E-state index in [9.17, 15) is 4.39 Å². The second-order valence-electron chi connectivity index (χ2n) is 3.85. The molecular formula is C11H15FN6. The Morgan fingerprint density at radius 3 is 2.83 bits per heavy atom. The smallest absolute Gasteiger partial charge is 0.224 e. The molecule has 0 spiro atoms. The van der Waals surface area contributed by atoms with Crippen LogP contribution in [0.25, 0.3) is 0 Å². The molecule has 2 heterocycles. The Labute approximate surface area is 104 Å². The molecule has 0 aliphatic heterocycles. The van der Waals surface area contributed by atoms with Crippen molar-refractivity contribution < 1.29 is 4.39 Å². The minimum Gasteiger partial charge on any atom is -0.354 e. The molecular weight excluding hydrogens is 235 g/mol. The monoisotopic (exact) mass is 250 g/mol. The fourth-order valence-electron chi connectivity index (χ4n) is 1.55. The minimum atomic E-state index is -0.500. The van der Waals surface area contributed by atoms with Crippen LogP contribution in [0.1, 0.15) is 12.6 Å². The number of nitrogens with one attached hydrogen (secondary N) is 2. The van der Waals surface area contributed by atoms with Crippen LogP contribution in [0.15, 0.2) is 12.4 Å². The zero-order valence-electron chi connectivity index (χ0n) is 10.5. The molecule has 0 aliphatic carbocycles. The summed E-state index contributed by atoms with van der Waals surface area (Å²) >= 11 is 0. The molecule has 7 heteroatoms. The molecule has 0 atom stereocenters. The van der Waals surface area contributed by atoms with Crippen molar-refractivity contribution in [1.29, 1.82) is 0 Å². The second kappa shape index (κ2) is 4.99. The van der Waals surface area contributed by atoms with Gasteiger partial charge in [-0.1, -0.05) is 0 Å². The number of nitrogens with zero attached hydrogens (tertiary/aromatic N) is 4. The van der Waals surface area contributed by atoms with E-state index in [-0.39, 0.29) is 5.82 Å². The van der Waals surface area contributed by atoms with Gasteiger partial charge in [0.1, 0.15) is 0 Å². The summed E-state index contributed by atoms with van der Waals surface area (Å²) in [5, 5.41) is 10.0. The van der Waals surface area contributed by atoms with Gasteiger partial charge >= 0.3 is 0 Å². The van der Waals surface area contributed by atoms with Gasteiger partial charge in [-0.2, -0.15) is 10.1 Å². The van der Waals surface area contributed by atoms with Gasteiger partial charge in [0.25, 0.3) is 0 Å². The molecule has 0 radical (unpaired) electrons. The van der Waals surface area contributed by atoms with E-state index < -0.39 is 5.82 Å². The van der Waals surface area contributed by atoms with Gasteiger partial charge in [-0.15, -0.1) is 0 Å². The van der Waals surface area contributed by atoms with Crippen LogP contribution < -0.4 is 10.6 Å². The Kier molecular flexibility index (Phi) is 3.40. The third-order valence-corrected chi connectivity index (χ3v) is 2.35. The molecule has 0 fully saturated rings. The van der Waals surface area contributed by atoms with Crippen LogP contribution >= 0.6 is 0 Å². The quantitative estimate of drug-likeness (QED) is 0.866. The maximum Gasteiger partial charge on any atom is 0.224 e. The summed E-state index contributed by atoms with van der Waals surface area (Å²) in [6.45, 7) is 4.44. The highest BCUT2D eigenvalue weighted by Crippen LogP contribution is 2.20. The molecule has 6 nitrogen and oxygen atoms in total. The molecule has 0 amide bonds. The standard InChI is InChI=1S/C11H15FN6/c1-4-13-11-14-5-8(12)10(16-11)15-9-6-18(3)17-7(9)2/h5-6H,4H2,1-3H3,(H2,13,14,15,16). The van der Waals surface area contributed by atoms with Crippen LogP contribution in [-0.4, -0.2) is 26.3 Å². The van der Waals surface area contributed by atoms with Crippen molar-refractivity contribution in [3.63, 3.8) is 0 Å². The van der Waals surface area contributed by atoms with Gasteiger partial charge in [0.15, 0.2) is 11.6 Å². The fraction of sp³-hybridized carbons (Fsp3) is 0.364. The van der Waals surface area contributed by atoms with Crippen molar-refractivity contribution >= 4 is 17.5 Å². The third-order valence-electron chi connectivity index (χ3n) is 2.35. The number of aromatic nitrogens is 4. The van der Waals surface area contributed by atoms with Gasteiger partial charge in [0.05, 0.1) is 17.6 Å². The zero-order chi connectivity index (χ0) is 13.1. The van der Waals surface area contributed by atoms with E-state index in [0.717, 1.165) is 17.6 Å². The maximum absolute atomic E-state index is 13.6. The van der Waals surface area contributed by atoms with Crippen LogP contribution in [0, 0.1) is 12.7 Å². The molecule has 0 unspecified atom stereocenters. The van der Waals surface area contributed by atoms with Crippen molar-refractivity contribution in [2.24, 2.45) is 7.05 Å². The highest BCUT2D eigenvalue weighted by Gasteiger charge is 2.10. The highest BCUT2D eigenvalue weighted by atomic mass is 19.1. The molecule has 2 rings (SSSR count). The van der Waals surface area contributed by atoms with Crippen LogP contribution in [0.4, 0.5) is 21.8 Å². The van der Waals surface area contributed by atoms with E-state index in [1.807, 2.05) is 13.8 Å². The van der Waals surface area contributed by atoms with E-state index in [2.05, 4.69) is 25.7 Å². The molecule has 2 aromatic rings. The topological polar surface area (TPSA) is 67.7 Å². The summed E-state index contributed by atoms with van der Waals surface area (Å²) < 4.78 is 15.2. The van der Waals surface area contributed by atoms with Crippen molar-refractivity contribution in [1.82, 2.24) is 19.7 Å². The van der Waals surface area contributed by atoms with Crippen molar-refractivity contribution in [2.75, 3.05) is 17.2 Å². The molecule has 0 aromatic carbocycles. The van der Waals surface area contributed by atoms with Crippen molar-refractivity contribution in [2.45, 2.75) is 13.8 Å². The summed E-state index contributed by atoms with van der Waals surface area (Å²) in [7, 11) is 1.80. The highest BCUT2D eigenvalue weighted by molar-refractivity contribution is 5.58. The van der Waals surface area contributed by atoms with Gasteiger partial charge in [0.2, 0.25) is 5.95 Å². The molecule has 2 N–H and O–H groups in total. The SMILES string of the molecule is CCNc1ncc(F)c(Nc2cn(C)nc2C)n1. The summed E-state index contributed by atoms with van der Waals surface area (Å²) in [6.07, 6.45) is 2.91. The predicted octanol–water partition coefficient (Wildman–Crippen LogP) is 1.83. The summed E-state index contributed by atoms with van der Waals surface area (Å²) in [4.78, 5) is 7.90. The average Bonchev–Trinajstić information content (AvgIpc) is 2.62.